The number of ether oxygens (including phenoxy) is 3. The Balaban J connectivity index is 2.06. The van der Waals surface area contributed by atoms with Crippen molar-refractivity contribution in [3.05, 3.63) is 42.2 Å². The molecule has 0 bridgehead atoms. The van der Waals surface area contributed by atoms with Crippen molar-refractivity contribution in [3.8, 4) is 40.2 Å². The first kappa shape index (κ1) is 15.8. The molecule has 3 rings (SSSR count). The smallest absolute Gasteiger partial charge is 0.251 e. The molecule has 0 spiro atoms. The van der Waals surface area contributed by atoms with E-state index in [-0.39, 0.29) is 17.3 Å². The summed E-state index contributed by atoms with van der Waals surface area (Å²) in [5.74, 6) is 1.24. The van der Waals surface area contributed by atoms with E-state index in [0.29, 0.717) is 22.8 Å². The SMILES string of the molecule is COc1cc(-c2nnc(-c3ccccc3F)o2)cc(OC)c1OC. The molecule has 3 aromatic rings. The number of rotatable bonds is 5. The van der Waals surface area contributed by atoms with Gasteiger partial charge in [-0.3, -0.25) is 0 Å². The molecule has 0 amide bonds. The molecule has 0 aliphatic rings. The summed E-state index contributed by atoms with van der Waals surface area (Å²) < 4.78 is 35.3. The fourth-order valence-corrected chi connectivity index (χ4v) is 2.29. The summed E-state index contributed by atoms with van der Waals surface area (Å²) in [5.41, 5.74) is 0.809. The van der Waals surface area contributed by atoms with E-state index < -0.39 is 5.82 Å². The molecule has 0 atom stereocenters. The van der Waals surface area contributed by atoms with Gasteiger partial charge >= 0.3 is 0 Å². The van der Waals surface area contributed by atoms with Gasteiger partial charge < -0.3 is 18.6 Å². The van der Waals surface area contributed by atoms with Gasteiger partial charge in [-0.25, -0.2) is 4.39 Å². The molecule has 0 unspecified atom stereocenters. The Kier molecular flexibility index (Phi) is 4.33. The van der Waals surface area contributed by atoms with Crippen LogP contribution in [0, 0.1) is 5.82 Å². The molecule has 0 saturated heterocycles. The molecular weight excluding hydrogens is 315 g/mol. The number of halogens is 1. The quantitative estimate of drug-likeness (QED) is 0.712. The van der Waals surface area contributed by atoms with Gasteiger partial charge in [-0.2, -0.15) is 0 Å². The van der Waals surface area contributed by atoms with E-state index >= 15 is 0 Å². The number of aromatic nitrogens is 2. The molecule has 6 nitrogen and oxygen atoms in total. The van der Waals surface area contributed by atoms with Gasteiger partial charge in [0.05, 0.1) is 26.9 Å². The fraction of sp³-hybridized carbons (Fsp3) is 0.176. The van der Waals surface area contributed by atoms with Crippen LogP contribution in [0.4, 0.5) is 4.39 Å². The number of methoxy groups -OCH3 is 3. The van der Waals surface area contributed by atoms with E-state index in [1.165, 1.54) is 27.4 Å². The molecule has 1 heterocycles. The lowest BCUT2D eigenvalue weighted by atomic mass is 10.2. The minimum Gasteiger partial charge on any atom is -0.493 e. The summed E-state index contributed by atoms with van der Waals surface area (Å²) in [6.45, 7) is 0. The first-order chi connectivity index (χ1) is 11.7. The minimum atomic E-state index is -0.433. The van der Waals surface area contributed by atoms with Crippen molar-refractivity contribution in [1.82, 2.24) is 10.2 Å². The average molecular weight is 330 g/mol. The standard InChI is InChI=1S/C17H15FN2O4/c1-21-13-8-10(9-14(22-2)15(13)23-3)16-19-20-17(24-16)11-6-4-5-7-12(11)18/h4-9H,1-3H3. The molecular formula is C17H15FN2O4. The number of hydrogen-bond acceptors (Lipinski definition) is 6. The maximum Gasteiger partial charge on any atom is 0.251 e. The normalized spacial score (nSPS) is 10.5. The third-order valence-corrected chi connectivity index (χ3v) is 3.44. The third kappa shape index (κ3) is 2.76. The number of benzene rings is 2. The first-order valence-electron chi connectivity index (χ1n) is 7.06. The van der Waals surface area contributed by atoms with Crippen LogP contribution >= 0.6 is 0 Å². The lowest BCUT2D eigenvalue weighted by Crippen LogP contribution is -1.95. The van der Waals surface area contributed by atoms with E-state index in [9.17, 15) is 4.39 Å². The zero-order valence-electron chi connectivity index (χ0n) is 13.4. The summed E-state index contributed by atoms with van der Waals surface area (Å²) in [6.07, 6.45) is 0. The van der Waals surface area contributed by atoms with Crippen LogP contribution in [0.3, 0.4) is 0 Å². The largest absolute Gasteiger partial charge is 0.493 e. The van der Waals surface area contributed by atoms with Crippen LogP contribution in [-0.4, -0.2) is 31.5 Å². The Hall–Kier alpha value is -3.09. The third-order valence-electron chi connectivity index (χ3n) is 3.44. The maximum absolute atomic E-state index is 13.8. The molecule has 7 heteroatoms. The summed E-state index contributed by atoms with van der Waals surface area (Å²) >= 11 is 0. The monoisotopic (exact) mass is 330 g/mol. The summed E-state index contributed by atoms with van der Waals surface area (Å²) in [7, 11) is 4.54. The van der Waals surface area contributed by atoms with Gasteiger partial charge in [0.15, 0.2) is 11.5 Å². The van der Waals surface area contributed by atoms with Gasteiger partial charge in [0.1, 0.15) is 5.82 Å². The molecule has 0 saturated carbocycles. The van der Waals surface area contributed by atoms with E-state index in [1.54, 1.807) is 30.3 Å². The second-order valence-corrected chi connectivity index (χ2v) is 4.81. The predicted octanol–water partition coefficient (Wildman–Crippen LogP) is 3.57. The molecule has 124 valence electrons. The van der Waals surface area contributed by atoms with E-state index in [1.807, 2.05) is 0 Å². The molecule has 1 aromatic heterocycles. The van der Waals surface area contributed by atoms with Crippen LogP contribution in [0.2, 0.25) is 0 Å². The van der Waals surface area contributed by atoms with Gasteiger partial charge in [0.25, 0.3) is 5.89 Å². The van der Waals surface area contributed by atoms with Crippen LogP contribution in [-0.2, 0) is 0 Å². The lowest BCUT2D eigenvalue weighted by molar-refractivity contribution is 0.324. The highest BCUT2D eigenvalue weighted by Gasteiger charge is 2.18. The topological polar surface area (TPSA) is 66.6 Å². The maximum atomic E-state index is 13.8. The Labute approximate surface area is 137 Å². The molecule has 0 N–H and O–H groups in total. The highest BCUT2D eigenvalue weighted by Crippen LogP contribution is 2.41. The van der Waals surface area contributed by atoms with Crippen molar-refractivity contribution in [1.29, 1.82) is 0 Å². The Bertz CT molecular complexity index is 838. The summed E-state index contributed by atoms with van der Waals surface area (Å²) in [4.78, 5) is 0. The second-order valence-electron chi connectivity index (χ2n) is 4.81. The molecule has 0 radical (unpaired) electrons. The molecule has 24 heavy (non-hydrogen) atoms. The molecule has 0 aliphatic carbocycles. The second kappa shape index (κ2) is 6.57. The zero-order chi connectivity index (χ0) is 17.1. The summed E-state index contributed by atoms with van der Waals surface area (Å²) in [5, 5.41) is 7.88. The number of nitrogens with zero attached hydrogens (tertiary/aromatic N) is 2. The molecule has 0 fully saturated rings. The van der Waals surface area contributed by atoms with Crippen molar-refractivity contribution in [2.24, 2.45) is 0 Å². The van der Waals surface area contributed by atoms with Crippen molar-refractivity contribution in [2.75, 3.05) is 21.3 Å². The highest BCUT2D eigenvalue weighted by molar-refractivity contribution is 5.66. The Morgan fingerprint density at radius 3 is 2.08 bits per heavy atom. The van der Waals surface area contributed by atoms with Crippen molar-refractivity contribution in [2.45, 2.75) is 0 Å². The van der Waals surface area contributed by atoms with Gasteiger partial charge in [0.2, 0.25) is 11.6 Å². The lowest BCUT2D eigenvalue weighted by Gasteiger charge is -2.12. The fourth-order valence-electron chi connectivity index (χ4n) is 2.29. The van der Waals surface area contributed by atoms with Crippen LogP contribution in [0.5, 0.6) is 17.2 Å². The van der Waals surface area contributed by atoms with Gasteiger partial charge in [-0.05, 0) is 24.3 Å². The van der Waals surface area contributed by atoms with E-state index in [4.69, 9.17) is 18.6 Å². The van der Waals surface area contributed by atoms with Crippen molar-refractivity contribution < 1.29 is 23.0 Å². The average Bonchev–Trinajstić information content (AvgIpc) is 3.10. The zero-order valence-corrected chi connectivity index (χ0v) is 13.4. The Morgan fingerprint density at radius 2 is 1.50 bits per heavy atom. The summed E-state index contributed by atoms with van der Waals surface area (Å²) in [6, 6.07) is 9.55. The van der Waals surface area contributed by atoms with Crippen molar-refractivity contribution >= 4 is 0 Å². The van der Waals surface area contributed by atoms with Gasteiger partial charge in [-0.15, -0.1) is 10.2 Å². The molecule has 0 aliphatic heterocycles. The number of hydrogen-bond donors (Lipinski definition) is 0. The predicted molar refractivity (Wildman–Crippen MR) is 84.8 cm³/mol. The molecule has 2 aromatic carbocycles. The van der Waals surface area contributed by atoms with Crippen molar-refractivity contribution in [3.63, 3.8) is 0 Å². The van der Waals surface area contributed by atoms with Crippen LogP contribution in [0.15, 0.2) is 40.8 Å². The van der Waals surface area contributed by atoms with Gasteiger partial charge in [-0.1, -0.05) is 12.1 Å². The van der Waals surface area contributed by atoms with Crippen LogP contribution < -0.4 is 14.2 Å². The van der Waals surface area contributed by atoms with E-state index in [2.05, 4.69) is 10.2 Å². The minimum absolute atomic E-state index is 0.0943. The van der Waals surface area contributed by atoms with Crippen LogP contribution in [0.1, 0.15) is 0 Å². The first-order valence-corrected chi connectivity index (χ1v) is 7.06. The highest BCUT2D eigenvalue weighted by atomic mass is 19.1. The van der Waals surface area contributed by atoms with E-state index in [0.717, 1.165) is 0 Å². The van der Waals surface area contributed by atoms with Crippen LogP contribution in [0.25, 0.3) is 22.9 Å². The Morgan fingerprint density at radius 1 is 0.875 bits per heavy atom. The van der Waals surface area contributed by atoms with Gasteiger partial charge in [0, 0.05) is 5.56 Å².